The fourth-order valence-electron chi connectivity index (χ4n) is 3.22. The lowest BCUT2D eigenvalue weighted by molar-refractivity contribution is -0.113. The van der Waals surface area contributed by atoms with Crippen LogP contribution < -0.4 is 10.2 Å². The molecule has 0 bridgehead atoms. The normalized spacial score (nSPS) is 16.4. The van der Waals surface area contributed by atoms with Crippen LogP contribution in [0.2, 0.25) is 0 Å². The Labute approximate surface area is 171 Å². The van der Waals surface area contributed by atoms with E-state index in [2.05, 4.69) is 25.0 Å². The number of nitrogens with zero attached hydrogens (tertiary/aromatic N) is 4. The van der Waals surface area contributed by atoms with Crippen LogP contribution in [0.1, 0.15) is 49.0 Å². The Hall–Kier alpha value is -2.07. The van der Waals surface area contributed by atoms with Crippen molar-refractivity contribution in [1.82, 2.24) is 14.8 Å². The first kappa shape index (κ1) is 19.3. The van der Waals surface area contributed by atoms with Crippen LogP contribution in [0.4, 0.5) is 10.9 Å². The van der Waals surface area contributed by atoms with Gasteiger partial charge in [0.2, 0.25) is 11.9 Å². The zero-order valence-electron chi connectivity index (χ0n) is 15.7. The smallest absolute Gasteiger partial charge is 0.341 e. The molecule has 1 N–H and O–H groups in total. The molecular weight excluding hydrogens is 398 g/mol. The Morgan fingerprint density at radius 3 is 2.82 bits per heavy atom. The van der Waals surface area contributed by atoms with Crippen LogP contribution in [0.5, 0.6) is 0 Å². The molecule has 150 valence electrons. The maximum atomic E-state index is 12.4. The Balaban J connectivity index is 1.39. The number of rotatable bonds is 8. The number of nitrogens with one attached hydrogen (secondary N) is 1. The molecule has 1 aliphatic heterocycles. The molecule has 2 aromatic heterocycles. The molecule has 1 saturated heterocycles. The Bertz CT molecular complexity index is 855. The van der Waals surface area contributed by atoms with E-state index >= 15 is 0 Å². The maximum Gasteiger partial charge on any atom is 0.341 e. The van der Waals surface area contributed by atoms with Crippen molar-refractivity contribution in [3.63, 3.8) is 0 Å². The standard InChI is InChI=1S/C18H23N5O3S2/c1-2-26-16(25)13-7-10-27-15(13)19-14(24)11-28-18-21-20-17(22-8-3-4-9-22)23(18)12-5-6-12/h7,10,12H,2-6,8-9,11H2,1H3,(H,19,24). The summed E-state index contributed by atoms with van der Waals surface area (Å²) in [4.78, 5) is 26.7. The number of anilines is 2. The first-order chi connectivity index (χ1) is 13.7. The molecule has 1 saturated carbocycles. The minimum atomic E-state index is -0.421. The van der Waals surface area contributed by atoms with Crippen molar-refractivity contribution in [1.29, 1.82) is 0 Å². The van der Waals surface area contributed by atoms with Gasteiger partial charge in [-0.1, -0.05) is 11.8 Å². The second-order valence-electron chi connectivity index (χ2n) is 6.80. The van der Waals surface area contributed by atoms with Gasteiger partial charge in [0.25, 0.3) is 0 Å². The van der Waals surface area contributed by atoms with E-state index in [9.17, 15) is 9.59 Å². The Morgan fingerprint density at radius 1 is 1.32 bits per heavy atom. The van der Waals surface area contributed by atoms with Crippen molar-refractivity contribution in [3.8, 4) is 0 Å². The van der Waals surface area contributed by atoms with E-state index in [1.807, 2.05) is 0 Å². The molecule has 0 unspecified atom stereocenters. The predicted molar refractivity (Wildman–Crippen MR) is 109 cm³/mol. The molecule has 0 atom stereocenters. The van der Waals surface area contributed by atoms with Crippen LogP contribution in [0, 0.1) is 0 Å². The molecule has 10 heteroatoms. The molecule has 3 heterocycles. The largest absolute Gasteiger partial charge is 0.462 e. The lowest BCUT2D eigenvalue weighted by atomic mass is 10.3. The van der Waals surface area contributed by atoms with Gasteiger partial charge in [-0.2, -0.15) is 0 Å². The van der Waals surface area contributed by atoms with Gasteiger partial charge >= 0.3 is 5.97 Å². The maximum absolute atomic E-state index is 12.4. The summed E-state index contributed by atoms with van der Waals surface area (Å²) in [6, 6.07) is 2.11. The summed E-state index contributed by atoms with van der Waals surface area (Å²) in [5, 5.41) is 14.6. The molecule has 4 rings (SSSR count). The molecule has 0 aromatic carbocycles. The molecule has 2 aliphatic rings. The van der Waals surface area contributed by atoms with Crippen molar-refractivity contribution in [3.05, 3.63) is 17.0 Å². The average Bonchev–Trinajstić information content (AvgIpc) is 3.09. The highest BCUT2D eigenvalue weighted by atomic mass is 32.2. The third kappa shape index (κ3) is 4.17. The zero-order chi connectivity index (χ0) is 19.5. The summed E-state index contributed by atoms with van der Waals surface area (Å²) in [5.41, 5.74) is 0.391. The van der Waals surface area contributed by atoms with E-state index in [1.165, 1.54) is 35.9 Å². The van der Waals surface area contributed by atoms with Crippen molar-refractivity contribution >= 4 is 45.9 Å². The SMILES string of the molecule is CCOC(=O)c1ccsc1NC(=O)CSc1nnc(N2CCCC2)n1C1CC1. The van der Waals surface area contributed by atoms with E-state index < -0.39 is 5.97 Å². The highest BCUT2D eigenvalue weighted by Gasteiger charge is 2.32. The van der Waals surface area contributed by atoms with Crippen molar-refractivity contribution < 1.29 is 14.3 Å². The number of esters is 1. The number of hydrogen-bond donors (Lipinski definition) is 1. The quantitative estimate of drug-likeness (QED) is 0.517. The molecule has 8 nitrogen and oxygen atoms in total. The Kier molecular flexibility index (Phi) is 5.86. The van der Waals surface area contributed by atoms with E-state index in [0.29, 0.717) is 23.2 Å². The topological polar surface area (TPSA) is 89.3 Å². The third-order valence-electron chi connectivity index (χ3n) is 4.69. The number of thioether (sulfide) groups is 1. The van der Waals surface area contributed by atoms with Gasteiger partial charge in [-0.3, -0.25) is 9.36 Å². The molecule has 1 amide bonds. The van der Waals surface area contributed by atoms with E-state index in [1.54, 1.807) is 18.4 Å². The summed E-state index contributed by atoms with van der Waals surface area (Å²) in [7, 11) is 0. The van der Waals surface area contributed by atoms with Crippen molar-refractivity contribution in [2.24, 2.45) is 0 Å². The molecule has 2 fully saturated rings. The third-order valence-corrected chi connectivity index (χ3v) is 6.47. The summed E-state index contributed by atoms with van der Waals surface area (Å²) < 4.78 is 7.22. The van der Waals surface area contributed by atoms with Gasteiger partial charge in [0, 0.05) is 19.1 Å². The van der Waals surface area contributed by atoms with Crippen LogP contribution in [0.3, 0.4) is 0 Å². The minimum absolute atomic E-state index is 0.175. The van der Waals surface area contributed by atoms with Gasteiger partial charge in [-0.15, -0.1) is 21.5 Å². The number of ether oxygens (including phenoxy) is 1. The zero-order valence-corrected chi connectivity index (χ0v) is 17.4. The number of thiophene rings is 1. The number of carbonyl (C=O) groups excluding carboxylic acids is 2. The van der Waals surface area contributed by atoms with Gasteiger partial charge < -0.3 is 15.0 Å². The summed E-state index contributed by atoms with van der Waals surface area (Å²) in [6.45, 7) is 4.09. The molecular formula is C18H23N5O3S2. The minimum Gasteiger partial charge on any atom is -0.462 e. The fourth-order valence-corrected chi connectivity index (χ4v) is 4.81. The van der Waals surface area contributed by atoms with Crippen LogP contribution in [-0.4, -0.2) is 52.1 Å². The van der Waals surface area contributed by atoms with E-state index in [-0.39, 0.29) is 11.7 Å². The first-order valence-electron chi connectivity index (χ1n) is 9.54. The lowest BCUT2D eigenvalue weighted by Crippen LogP contribution is -2.22. The molecule has 0 radical (unpaired) electrons. The van der Waals surface area contributed by atoms with Gasteiger partial charge in [0.1, 0.15) is 5.00 Å². The van der Waals surface area contributed by atoms with Crippen LogP contribution in [-0.2, 0) is 9.53 Å². The monoisotopic (exact) mass is 421 g/mol. The highest BCUT2D eigenvalue weighted by Crippen LogP contribution is 2.41. The molecule has 2 aromatic rings. The van der Waals surface area contributed by atoms with Gasteiger partial charge in [0.05, 0.1) is 17.9 Å². The van der Waals surface area contributed by atoms with Crippen molar-refractivity contribution in [2.75, 3.05) is 35.7 Å². The second kappa shape index (κ2) is 8.52. The van der Waals surface area contributed by atoms with Gasteiger partial charge in [-0.25, -0.2) is 4.79 Å². The van der Waals surface area contributed by atoms with E-state index in [0.717, 1.165) is 37.0 Å². The highest BCUT2D eigenvalue weighted by molar-refractivity contribution is 7.99. The predicted octanol–water partition coefficient (Wildman–Crippen LogP) is 3.18. The van der Waals surface area contributed by atoms with Gasteiger partial charge in [-0.05, 0) is 44.1 Å². The fraction of sp³-hybridized carbons (Fsp3) is 0.556. The number of aromatic nitrogens is 3. The average molecular weight is 422 g/mol. The Morgan fingerprint density at radius 2 is 2.11 bits per heavy atom. The summed E-state index contributed by atoms with van der Waals surface area (Å²) >= 11 is 2.70. The molecule has 1 aliphatic carbocycles. The summed E-state index contributed by atoms with van der Waals surface area (Å²) in [5.74, 6) is 0.553. The van der Waals surface area contributed by atoms with E-state index in [4.69, 9.17) is 4.74 Å². The first-order valence-corrected chi connectivity index (χ1v) is 11.4. The lowest BCUT2D eigenvalue weighted by Gasteiger charge is -2.17. The number of hydrogen-bond acceptors (Lipinski definition) is 8. The van der Waals surface area contributed by atoms with Gasteiger partial charge in [0.15, 0.2) is 5.16 Å². The van der Waals surface area contributed by atoms with Crippen LogP contribution in [0.15, 0.2) is 16.6 Å². The van der Waals surface area contributed by atoms with Crippen LogP contribution in [0.25, 0.3) is 0 Å². The summed E-state index contributed by atoms with van der Waals surface area (Å²) in [6.07, 6.45) is 4.64. The molecule has 28 heavy (non-hydrogen) atoms. The molecule has 0 spiro atoms. The number of carbonyl (C=O) groups is 2. The second-order valence-corrected chi connectivity index (χ2v) is 8.66. The number of amides is 1. The van der Waals surface area contributed by atoms with Crippen molar-refractivity contribution in [2.45, 2.75) is 43.8 Å². The van der Waals surface area contributed by atoms with Crippen LogP contribution >= 0.6 is 23.1 Å².